The molecule has 0 aromatic carbocycles. The molecule has 2 aliphatic heterocycles. The highest BCUT2D eigenvalue weighted by molar-refractivity contribution is 4.87. The Morgan fingerprint density at radius 3 is 2.17 bits per heavy atom. The van der Waals surface area contributed by atoms with Gasteiger partial charge in [0, 0.05) is 0 Å². The first-order valence-electron chi connectivity index (χ1n) is 4.18. The summed E-state index contributed by atoms with van der Waals surface area (Å²) in [6.45, 7) is 4.86. The number of hydrogen-bond acceptors (Lipinski definition) is 4. The Hall–Kier alpha value is -0.160. The molecule has 4 nitrogen and oxygen atoms in total. The third-order valence-electron chi connectivity index (χ3n) is 2.60. The minimum Gasteiger partial charge on any atom is -0.355 e. The number of hydrogen-bond donors (Lipinski definition) is 0. The van der Waals surface area contributed by atoms with Crippen LogP contribution < -0.4 is 0 Å². The molecule has 12 heavy (non-hydrogen) atoms. The summed E-state index contributed by atoms with van der Waals surface area (Å²) >= 11 is 0. The van der Waals surface area contributed by atoms with Crippen molar-refractivity contribution in [1.29, 1.82) is 0 Å². The van der Waals surface area contributed by atoms with E-state index in [0.29, 0.717) is 33.4 Å². The SMILES string of the molecule is CC1OCOCC12COCOC2. The van der Waals surface area contributed by atoms with Crippen LogP contribution >= 0.6 is 0 Å². The van der Waals surface area contributed by atoms with Crippen molar-refractivity contribution in [2.45, 2.75) is 13.0 Å². The van der Waals surface area contributed by atoms with E-state index >= 15 is 0 Å². The quantitative estimate of drug-likeness (QED) is 0.531. The number of rotatable bonds is 0. The van der Waals surface area contributed by atoms with Gasteiger partial charge in [0.25, 0.3) is 0 Å². The van der Waals surface area contributed by atoms with E-state index in [4.69, 9.17) is 18.9 Å². The molecule has 2 fully saturated rings. The van der Waals surface area contributed by atoms with Gasteiger partial charge in [0.1, 0.15) is 13.6 Å². The second-order valence-electron chi connectivity index (χ2n) is 3.45. The first kappa shape index (κ1) is 8.44. The van der Waals surface area contributed by atoms with Crippen molar-refractivity contribution in [3.63, 3.8) is 0 Å². The lowest BCUT2D eigenvalue weighted by molar-refractivity contribution is -0.271. The molecule has 4 heteroatoms. The monoisotopic (exact) mass is 174 g/mol. The summed E-state index contributed by atoms with van der Waals surface area (Å²) in [6.07, 6.45) is 0.159. The number of ether oxygens (including phenoxy) is 4. The molecule has 0 N–H and O–H groups in total. The van der Waals surface area contributed by atoms with Gasteiger partial charge in [-0.3, -0.25) is 0 Å². The molecule has 0 saturated carbocycles. The largest absolute Gasteiger partial charge is 0.355 e. The van der Waals surface area contributed by atoms with Crippen molar-refractivity contribution in [1.82, 2.24) is 0 Å². The third-order valence-corrected chi connectivity index (χ3v) is 2.60. The minimum atomic E-state index is -0.0729. The van der Waals surface area contributed by atoms with Crippen molar-refractivity contribution in [2.24, 2.45) is 5.41 Å². The van der Waals surface area contributed by atoms with Gasteiger partial charge in [-0.15, -0.1) is 0 Å². The van der Waals surface area contributed by atoms with Crippen LogP contribution in [-0.2, 0) is 18.9 Å². The van der Waals surface area contributed by atoms with Crippen molar-refractivity contribution < 1.29 is 18.9 Å². The topological polar surface area (TPSA) is 36.9 Å². The molecule has 0 bridgehead atoms. The first-order chi connectivity index (χ1) is 5.83. The van der Waals surface area contributed by atoms with Gasteiger partial charge in [0.15, 0.2) is 0 Å². The molecule has 0 amide bonds. The highest BCUT2D eigenvalue weighted by atomic mass is 16.7. The zero-order valence-electron chi connectivity index (χ0n) is 7.25. The molecule has 1 spiro atoms. The highest BCUT2D eigenvalue weighted by Crippen LogP contribution is 2.31. The van der Waals surface area contributed by atoms with E-state index in [1.165, 1.54) is 0 Å². The van der Waals surface area contributed by atoms with Gasteiger partial charge in [-0.25, -0.2) is 0 Å². The molecule has 0 aromatic rings. The maximum atomic E-state index is 5.39. The molecule has 1 unspecified atom stereocenters. The molecule has 1 atom stereocenters. The van der Waals surface area contributed by atoms with E-state index in [0.717, 1.165) is 0 Å². The van der Waals surface area contributed by atoms with E-state index in [-0.39, 0.29) is 11.5 Å². The average molecular weight is 174 g/mol. The van der Waals surface area contributed by atoms with Crippen LogP contribution in [0, 0.1) is 5.41 Å². The summed E-state index contributed by atoms with van der Waals surface area (Å²) in [5.74, 6) is 0. The van der Waals surface area contributed by atoms with Crippen molar-refractivity contribution in [3.8, 4) is 0 Å². The molecule has 2 saturated heterocycles. The normalized spacial score (nSPS) is 35.2. The predicted molar refractivity (Wildman–Crippen MR) is 40.6 cm³/mol. The van der Waals surface area contributed by atoms with Gasteiger partial charge in [0.05, 0.1) is 31.3 Å². The fraction of sp³-hybridized carbons (Fsp3) is 1.00. The second kappa shape index (κ2) is 3.30. The first-order valence-corrected chi connectivity index (χ1v) is 4.18. The van der Waals surface area contributed by atoms with E-state index in [1.807, 2.05) is 6.92 Å². The maximum absolute atomic E-state index is 5.39. The van der Waals surface area contributed by atoms with Gasteiger partial charge in [-0.1, -0.05) is 0 Å². The predicted octanol–water partition coefficient (Wildman–Crippen LogP) is 0.370. The Labute approximate surface area is 71.7 Å². The van der Waals surface area contributed by atoms with Crippen molar-refractivity contribution >= 4 is 0 Å². The molecule has 0 radical (unpaired) electrons. The molecule has 2 aliphatic rings. The minimum absolute atomic E-state index is 0.0729. The smallest absolute Gasteiger partial charge is 0.147 e. The van der Waals surface area contributed by atoms with Crippen LogP contribution in [-0.4, -0.2) is 39.5 Å². The fourth-order valence-electron chi connectivity index (χ4n) is 1.60. The second-order valence-corrected chi connectivity index (χ2v) is 3.45. The summed E-state index contributed by atoms with van der Waals surface area (Å²) in [4.78, 5) is 0. The standard InChI is InChI=1S/C8H14O4/c1-7-8(4-11-6-12-7)2-9-5-10-3-8/h7H,2-6H2,1H3. The van der Waals surface area contributed by atoms with Crippen LogP contribution in [0.2, 0.25) is 0 Å². The van der Waals surface area contributed by atoms with Gasteiger partial charge in [-0.2, -0.15) is 0 Å². The fourth-order valence-corrected chi connectivity index (χ4v) is 1.60. The van der Waals surface area contributed by atoms with Crippen molar-refractivity contribution in [2.75, 3.05) is 33.4 Å². The average Bonchev–Trinajstić information content (AvgIpc) is 2.12. The molecule has 70 valence electrons. The molecule has 0 aromatic heterocycles. The summed E-state index contributed by atoms with van der Waals surface area (Å²) in [5.41, 5.74) is -0.0729. The van der Waals surface area contributed by atoms with Crippen LogP contribution in [0.5, 0.6) is 0 Å². The van der Waals surface area contributed by atoms with Crippen LogP contribution in [0.1, 0.15) is 6.92 Å². The Bertz CT molecular complexity index is 145. The molecular formula is C8H14O4. The lowest BCUT2D eigenvalue weighted by Gasteiger charge is -2.43. The van der Waals surface area contributed by atoms with E-state index < -0.39 is 0 Å². The van der Waals surface area contributed by atoms with Gasteiger partial charge >= 0.3 is 0 Å². The van der Waals surface area contributed by atoms with Crippen LogP contribution in [0.15, 0.2) is 0 Å². The van der Waals surface area contributed by atoms with E-state index in [9.17, 15) is 0 Å². The lowest BCUT2D eigenvalue weighted by atomic mass is 9.84. The summed E-state index contributed by atoms with van der Waals surface area (Å²) in [6, 6.07) is 0. The highest BCUT2D eigenvalue weighted by Gasteiger charge is 2.42. The molecular weight excluding hydrogens is 160 g/mol. The van der Waals surface area contributed by atoms with Gasteiger partial charge in [-0.05, 0) is 6.92 Å². The van der Waals surface area contributed by atoms with Crippen LogP contribution in [0.4, 0.5) is 0 Å². The zero-order valence-corrected chi connectivity index (χ0v) is 7.25. The Kier molecular flexibility index (Phi) is 2.32. The third kappa shape index (κ3) is 1.35. The molecule has 2 rings (SSSR count). The lowest BCUT2D eigenvalue weighted by Crippen LogP contribution is -2.52. The van der Waals surface area contributed by atoms with Gasteiger partial charge in [0.2, 0.25) is 0 Å². The summed E-state index contributed by atoms with van der Waals surface area (Å²) in [5, 5.41) is 0. The van der Waals surface area contributed by atoms with Gasteiger partial charge < -0.3 is 18.9 Å². The summed E-state index contributed by atoms with van der Waals surface area (Å²) < 4.78 is 21.1. The Morgan fingerprint density at radius 2 is 1.58 bits per heavy atom. The van der Waals surface area contributed by atoms with E-state index in [2.05, 4.69) is 0 Å². The Morgan fingerprint density at radius 1 is 1.00 bits per heavy atom. The van der Waals surface area contributed by atoms with Crippen LogP contribution in [0.25, 0.3) is 0 Å². The van der Waals surface area contributed by atoms with Crippen molar-refractivity contribution in [3.05, 3.63) is 0 Å². The molecule has 2 heterocycles. The maximum Gasteiger partial charge on any atom is 0.147 e. The zero-order chi connectivity index (χ0) is 8.44. The van der Waals surface area contributed by atoms with E-state index in [1.54, 1.807) is 0 Å². The molecule has 0 aliphatic carbocycles. The van der Waals surface area contributed by atoms with Crippen LogP contribution in [0.3, 0.4) is 0 Å². The summed E-state index contributed by atoms with van der Waals surface area (Å²) in [7, 11) is 0. The Balaban J connectivity index is 2.04.